The van der Waals surface area contributed by atoms with Crippen LogP contribution in [0.2, 0.25) is 0 Å². The van der Waals surface area contributed by atoms with E-state index in [-0.39, 0.29) is 35.5 Å². The number of anilines is 2. The van der Waals surface area contributed by atoms with E-state index in [9.17, 15) is 23.1 Å². The highest BCUT2D eigenvalue weighted by Crippen LogP contribution is 2.42. The molecule has 0 spiro atoms. The summed E-state index contributed by atoms with van der Waals surface area (Å²) in [6.45, 7) is 0. The van der Waals surface area contributed by atoms with Crippen molar-refractivity contribution < 1.29 is 32.6 Å². The second-order valence-electron chi connectivity index (χ2n) is 5.74. The van der Waals surface area contributed by atoms with Crippen LogP contribution < -0.4 is 14.4 Å². The van der Waals surface area contributed by atoms with E-state index in [4.69, 9.17) is 4.74 Å². The fourth-order valence-corrected chi connectivity index (χ4v) is 3.07. The number of imide groups is 1. The van der Waals surface area contributed by atoms with E-state index in [0.29, 0.717) is 5.75 Å². The van der Waals surface area contributed by atoms with Gasteiger partial charge in [-0.15, -0.1) is 0 Å². The van der Waals surface area contributed by atoms with Gasteiger partial charge < -0.3 is 18.7 Å². The Bertz CT molecular complexity index is 946. The minimum absolute atomic E-state index is 0.00229. The molecule has 2 aromatic rings. The van der Waals surface area contributed by atoms with Crippen LogP contribution in [-0.2, 0) is 25.6 Å². The summed E-state index contributed by atoms with van der Waals surface area (Å²) >= 11 is -2.76. The number of esters is 1. The van der Waals surface area contributed by atoms with Crippen LogP contribution in [0.4, 0.5) is 11.4 Å². The van der Waals surface area contributed by atoms with Crippen molar-refractivity contribution >= 4 is 40.4 Å². The first kappa shape index (κ1) is 19.5. The van der Waals surface area contributed by atoms with E-state index in [2.05, 4.69) is 9.46 Å². The van der Waals surface area contributed by atoms with Gasteiger partial charge in [0.1, 0.15) is 5.75 Å². The number of methoxy groups -OCH3 is 1. The van der Waals surface area contributed by atoms with Crippen LogP contribution in [0.1, 0.15) is 23.2 Å². The van der Waals surface area contributed by atoms with Crippen molar-refractivity contribution in [3.63, 3.8) is 0 Å². The minimum atomic E-state index is -2.76. The molecule has 0 bridgehead atoms. The maximum absolute atomic E-state index is 12.3. The molecule has 0 saturated carbocycles. The second-order valence-corrected chi connectivity index (χ2v) is 6.41. The molecule has 9 nitrogen and oxygen atoms in total. The number of hydrogen-bond acceptors (Lipinski definition) is 7. The maximum Gasteiger partial charge on any atom is 0.338 e. The third kappa shape index (κ3) is 4.02. The summed E-state index contributed by atoms with van der Waals surface area (Å²) in [4.78, 5) is 37.4. The van der Waals surface area contributed by atoms with E-state index in [1.54, 1.807) is 30.3 Å². The van der Waals surface area contributed by atoms with Crippen molar-refractivity contribution in [1.82, 2.24) is 0 Å². The van der Waals surface area contributed by atoms with Crippen LogP contribution in [0.15, 0.2) is 42.5 Å². The number of nitrogens with zero attached hydrogens (tertiary/aromatic N) is 1. The summed E-state index contributed by atoms with van der Waals surface area (Å²) in [5, 5.41) is 0. The third-order valence-corrected chi connectivity index (χ3v) is 4.33. The lowest BCUT2D eigenvalue weighted by Gasteiger charge is -2.23. The van der Waals surface area contributed by atoms with Gasteiger partial charge in [0.2, 0.25) is 11.8 Å². The van der Waals surface area contributed by atoms with E-state index in [0.717, 1.165) is 12.0 Å². The number of amides is 2. The Morgan fingerprint density at radius 1 is 1.14 bits per heavy atom. The lowest BCUT2D eigenvalue weighted by molar-refractivity contribution is -0.121. The van der Waals surface area contributed by atoms with Crippen LogP contribution in [-0.4, -0.2) is 33.7 Å². The van der Waals surface area contributed by atoms with Crippen LogP contribution in [0.3, 0.4) is 0 Å². The highest BCUT2D eigenvalue weighted by Gasteiger charge is 2.34. The third-order valence-electron chi connectivity index (χ3n) is 3.94. The fourth-order valence-electron chi connectivity index (χ4n) is 2.74. The Hall–Kier alpha value is -3.24. The van der Waals surface area contributed by atoms with Crippen molar-refractivity contribution in [2.24, 2.45) is 0 Å². The number of benzene rings is 2. The SMILES string of the molecule is COC(=O)c1cc(NS(=O)[O-])c(Oc2ccccc2)c(N2C(=O)CCC2=O)c1. The summed E-state index contributed by atoms with van der Waals surface area (Å²) in [6.07, 6.45) is 0.00458. The smallest absolute Gasteiger partial charge is 0.338 e. The van der Waals surface area contributed by atoms with Crippen molar-refractivity contribution in [2.75, 3.05) is 16.7 Å². The molecule has 2 aromatic carbocycles. The molecule has 10 heteroatoms. The van der Waals surface area contributed by atoms with E-state index in [1.165, 1.54) is 12.1 Å². The number of rotatable bonds is 6. The molecule has 1 aliphatic rings. The molecule has 1 heterocycles. The monoisotopic (exact) mass is 403 g/mol. The van der Waals surface area contributed by atoms with Crippen LogP contribution in [0.25, 0.3) is 0 Å². The van der Waals surface area contributed by atoms with Crippen LogP contribution >= 0.6 is 0 Å². The molecule has 146 valence electrons. The molecule has 28 heavy (non-hydrogen) atoms. The number of carbonyl (C=O) groups is 3. The standard InChI is InChI=1S/C18H16N2O7S/c1-26-18(23)11-9-13(19-28(24)25)17(27-12-5-3-2-4-6-12)14(10-11)20-15(21)7-8-16(20)22/h2-6,9-10,19H,7-8H2,1H3,(H,24,25)/p-1. The molecule has 1 saturated heterocycles. The highest BCUT2D eigenvalue weighted by molar-refractivity contribution is 7.80. The molecular weight excluding hydrogens is 388 g/mol. The Balaban J connectivity index is 2.22. The van der Waals surface area contributed by atoms with Crippen molar-refractivity contribution in [2.45, 2.75) is 12.8 Å². The van der Waals surface area contributed by atoms with Crippen molar-refractivity contribution in [3.05, 3.63) is 48.0 Å². The first-order chi connectivity index (χ1) is 13.4. The Morgan fingerprint density at radius 2 is 1.79 bits per heavy atom. The molecule has 2 amide bonds. The normalized spacial score (nSPS) is 14.7. The Labute approximate surface area is 162 Å². The van der Waals surface area contributed by atoms with Gasteiger partial charge in [-0.05, 0) is 24.3 Å². The lowest BCUT2D eigenvalue weighted by atomic mass is 10.1. The number of carbonyl (C=O) groups excluding carboxylic acids is 3. The Kier molecular flexibility index (Phi) is 5.71. The van der Waals surface area contributed by atoms with E-state index >= 15 is 0 Å². The Morgan fingerprint density at radius 3 is 2.36 bits per heavy atom. The van der Waals surface area contributed by atoms with Gasteiger partial charge in [0, 0.05) is 24.1 Å². The number of para-hydroxylation sites is 1. The molecule has 0 aromatic heterocycles. The summed E-state index contributed by atoms with van der Waals surface area (Å²) in [7, 11) is 1.15. The predicted molar refractivity (Wildman–Crippen MR) is 98.6 cm³/mol. The van der Waals surface area contributed by atoms with Crippen LogP contribution in [0, 0.1) is 0 Å². The molecule has 1 atom stereocenters. The highest BCUT2D eigenvalue weighted by atomic mass is 32.2. The van der Waals surface area contributed by atoms with Gasteiger partial charge in [-0.3, -0.25) is 13.8 Å². The van der Waals surface area contributed by atoms with Crippen molar-refractivity contribution in [3.8, 4) is 11.5 Å². The second kappa shape index (κ2) is 8.19. The van der Waals surface area contributed by atoms with Gasteiger partial charge in [0.05, 0.1) is 24.0 Å². The van der Waals surface area contributed by atoms with E-state index < -0.39 is 29.1 Å². The van der Waals surface area contributed by atoms with Crippen LogP contribution in [0.5, 0.6) is 11.5 Å². The molecule has 1 aliphatic heterocycles. The number of hydrogen-bond donors (Lipinski definition) is 1. The summed E-state index contributed by atoms with van der Waals surface area (Å²) in [5.41, 5.74) is -0.229. The van der Waals surface area contributed by atoms with Crippen molar-refractivity contribution in [1.29, 1.82) is 0 Å². The minimum Gasteiger partial charge on any atom is -0.755 e. The van der Waals surface area contributed by atoms with Gasteiger partial charge in [0.25, 0.3) is 0 Å². The number of nitrogens with one attached hydrogen (secondary N) is 1. The molecule has 0 aliphatic carbocycles. The summed E-state index contributed by atoms with van der Waals surface area (Å²) < 4.78 is 35.1. The molecule has 1 fully saturated rings. The molecule has 3 rings (SSSR count). The lowest BCUT2D eigenvalue weighted by Crippen LogP contribution is -2.29. The van der Waals surface area contributed by atoms with Gasteiger partial charge in [-0.1, -0.05) is 18.2 Å². The molecule has 1 N–H and O–H groups in total. The van der Waals surface area contributed by atoms with Gasteiger partial charge >= 0.3 is 5.97 Å². The van der Waals surface area contributed by atoms with Gasteiger partial charge in [0.15, 0.2) is 5.75 Å². The zero-order valence-corrected chi connectivity index (χ0v) is 15.5. The average molecular weight is 403 g/mol. The molecular formula is C18H15N2O7S-. The van der Waals surface area contributed by atoms with Gasteiger partial charge in [-0.25, -0.2) is 9.69 Å². The number of ether oxygens (including phenoxy) is 2. The largest absolute Gasteiger partial charge is 0.755 e. The molecule has 0 radical (unpaired) electrons. The first-order valence-electron chi connectivity index (χ1n) is 8.11. The molecule has 1 unspecified atom stereocenters. The zero-order valence-electron chi connectivity index (χ0n) is 14.7. The average Bonchev–Trinajstić information content (AvgIpc) is 3.01. The van der Waals surface area contributed by atoms with Gasteiger partial charge in [-0.2, -0.15) is 0 Å². The topological polar surface area (TPSA) is 125 Å². The fraction of sp³-hybridized carbons (Fsp3) is 0.167. The first-order valence-corrected chi connectivity index (χ1v) is 9.19. The predicted octanol–water partition coefficient (Wildman–Crippen LogP) is 2.12. The zero-order chi connectivity index (χ0) is 20.3. The summed E-state index contributed by atoms with van der Waals surface area (Å²) in [6, 6.07) is 10.8. The summed E-state index contributed by atoms with van der Waals surface area (Å²) in [5.74, 6) is -1.50. The van der Waals surface area contributed by atoms with E-state index in [1.807, 2.05) is 0 Å². The quantitative estimate of drug-likeness (QED) is 0.445. The maximum atomic E-state index is 12.3.